The minimum atomic E-state index is -0.300. The standard InChI is InChI=1S/C13H16O3S/c1-2-16-13(15)9-8-11(14)10-17-12-6-4-3-5-7-12/h3-7H,2,8-10H2,1H3. The summed E-state index contributed by atoms with van der Waals surface area (Å²) in [5.74, 6) is 0.182. The fraction of sp³-hybridized carbons (Fsp3) is 0.385. The predicted molar refractivity (Wildman–Crippen MR) is 68.0 cm³/mol. The van der Waals surface area contributed by atoms with E-state index in [1.165, 1.54) is 11.8 Å². The number of ketones is 1. The van der Waals surface area contributed by atoms with Gasteiger partial charge in [0.05, 0.1) is 18.8 Å². The zero-order chi connectivity index (χ0) is 12.5. The Bertz CT molecular complexity index is 362. The van der Waals surface area contributed by atoms with E-state index in [2.05, 4.69) is 0 Å². The molecule has 0 spiro atoms. The van der Waals surface area contributed by atoms with Gasteiger partial charge in [-0.3, -0.25) is 9.59 Å². The van der Waals surface area contributed by atoms with Crippen LogP contribution >= 0.6 is 11.8 Å². The SMILES string of the molecule is CCOC(=O)CCC(=O)CSc1ccccc1. The molecule has 4 heteroatoms. The Hall–Kier alpha value is -1.29. The van der Waals surface area contributed by atoms with Crippen LogP contribution in [0.4, 0.5) is 0 Å². The van der Waals surface area contributed by atoms with Crippen molar-refractivity contribution in [3.63, 3.8) is 0 Å². The highest BCUT2D eigenvalue weighted by atomic mass is 32.2. The molecule has 1 aromatic rings. The van der Waals surface area contributed by atoms with Crippen molar-refractivity contribution in [3.8, 4) is 0 Å². The van der Waals surface area contributed by atoms with Crippen molar-refractivity contribution >= 4 is 23.5 Å². The van der Waals surface area contributed by atoms with Gasteiger partial charge in [0.2, 0.25) is 0 Å². The fourth-order valence-corrected chi connectivity index (χ4v) is 2.05. The number of Topliss-reactive ketones (excluding diaryl/α,β-unsaturated/α-hetero) is 1. The number of rotatable bonds is 7. The van der Waals surface area contributed by atoms with E-state index < -0.39 is 0 Å². The summed E-state index contributed by atoms with van der Waals surface area (Å²) in [6.45, 7) is 2.12. The van der Waals surface area contributed by atoms with Gasteiger partial charge < -0.3 is 4.74 Å². The number of benzene rings is 1. The van der Waals surface area contributed by atoms with Crippen molar-refractivity contribution in [3.05, 3.63) is 30.3 Å². The van der Waals surface area contributed by atoms with Crippen LogP contribution in [0.5, 0.6) is 0 Å². The topological polar surface area (TPSA) is 43.4 Å². The van der Waals surface area contributed by atoms with Gasteiger partial charge in [0, 0.05) is 11.3 Å². The van der Waals surface area contributed by atoms with Crippen LogP contribution in [0.1, 0.15) is 19.8 Å². The molecule has 0 aliphatic heterocycles. The first-order valence-corrected chi connectivity index (χ1v) is 6.56. The molecule has 3 nitrogen and oxygen atoms in total. The quantitative estimate of drug-likeness (QED) is 0.553. The Balaban J connectivity index is 2.20. The van der Waals surface area contributed by atoms with Gasteiger partial charge in [0.15, 0.2) is 0 Å². The van der Waals surface area contributed by atoms with Crippen molar-refractivity contribution in [2.45, 2.75) is 24.7 Å². The molecule has 0 aromatic heterocycles. The number of esters is 1. The second-order valence-corrected chi connectivity index (χ2v) is 4.49. The van der Waals surface area contributed by atoms with Crippen LogP contribution in [0.15, 0.2) is 35.2 Å². The maximum absolute atomic E-state index is 11.5. The molecule has 0 bridgehead atoms. The number of carbonyl (C=O) groups is 2. The lowest BCUT2D eigenvalue weighted by Gasteiger charge is -2.02. The highest BCUT2D eigenvalue weighted by Crippen LogP contribution is 2.17. The lowest BCUT2D eigenvalue weighted by atomic mass is 10.2. The van der Waals surface area contributed by atoms with E-state index in [-0.39, 0.29) is 24.6 Å². The molecule has 0 atom stereocenters. The van der Waals surface area contributed by atoms with Gasteiger partial charge in [0.1, 0.15) is 5.78 Å². The molecule has 0 fully saturated rings. The van der Waals surface area contributed by atoms with Gasteiger partial charge in [-0.15, -0.1) is 11.8 Å². The number of hydrogen-bond donors (Lipinski definition) is 0. The first-order valence-electron chi connectivity index (χ1n) is 5.57. The summed E-state index contributed by atoms with van der Waals surface area (Å²) >= 11 is 1.49. The van der Waals surface area contributed by atoms with E-state index in [0.29, 0.717) is 12.4 Å². The number of hydrogen-bond acceptors (Lipinski definition) is 4. The Labute approximate surface area is 106 Å². The third-order valence-corrected chi connectivity index (χ3v) is 3.13. The summed E-state index contributed by atoms with van der Waals surface area (Å²) < 4.78 is 4.76. The van der Waals surface area contributed by atoms with Crippen LogP contribution in [0, 0.1) is 0 Å². The van der Waals surface area contributed by atoms with Crippen molar-refractivity contribution in [1.29, 1.82) is 0 Å². The first-order chi connectivity index (χ1) is 8.22. The number of thioether (sulfide) groups is 1. The van der Waals surface area contributed by atoms with Gasteiger partial charge in [-0.1, -0.05) is 18.2 Å². The second kappa shape index (κ2) is 7.90. The smallest absolute Gasteiger partial charge is 0.306 e. The minimum absolute atomic E-state index is 0.0758. The third-order valence-electron chi connectivity index (χ3n) is 2.06. The van der Waals surface area contributed by atoms with Crippen LogP contribution in [0.2, 0.25) is 0 Å². The largest absolute Gasteiger partial charge is 0.466 e. The van der Waals surface area contributed by atoms with Gasteiger partial charge in [-0.05, 0) is 19.1 Å². The Morgan fingerprint density at radius 3 is 2.53 bits per heavy atom. The molecule has 0 aliphatic carbocycles. The van der Waals surface area contributed by atoms with E-state index in [1.54, 1.807) is 6.92 Å². The Kier molecular flexibility index (Phi) is 6.40. The average molecular weight is 252 g/mol. The van der Waals surface area contributed by atoms with Crippen LogP contribution < -0.4 is 0 Å². The molecule has 0 amide bonds. The molecular weight excluding hydrogens is 236 g/mol. The molecule has 92 valence electrons. The summed E-state index contributed by atoms with van der Waals surface area (Å²) in [7, 11) is 0. The van der Waals surface area contributed by atoms with E-state index >= 15 is 0 Å². The molecule has 1 aromatic carbocycles. The van der Waals surface area contributed by atoms with E-state index in [4.69, 9.17) is 4.74 Å². The molecule has 0 heterocycles. The third kappa shape index (κ3) is 6.12. The van der Waals surface area contributed by atoms with E-state index in [0.717, 1.165) is 4.90 Å². The molecule has 17 heavy (non-hydrogen) atoms. The summed E-state index contributed by atoms with van der Waals surface area (Å²) in [6, 6.07) is 9.73. The lowest BCUT2D eigenvalue weighted by Crippen LogP contribution is -2.08. The molecule has 0 radical (unpaired) electrons. The Morgan fingerprint density at radius 2 is 1.88 bits per heavy atom. The maximum atomic E-state index is 11.5. The molecule has 1 rings (SSSR count). The Morgan fingerprint density at radius 1 is 1.18 bits per heavy atom. The van der Waals surface area contributed by atoms with Gasteiger partial charge in [0.25, 0.3) is 0 Å². The van der Waals surface area contributed by atoms with Crippen LogP contribution in [-0.4, -0.2) is 24.1 Å². The molecule has 0 aliphatic rings. The molecule has 0 N–H and O–H groups in total. The average Bonchev–Trinajstić information content (AvgIpc) is 2.35. The van der Waals surface area contributed by atoms with Crippen molar-refractivity contribution < 1.29 is 14.3 Å². The zero-order valence-electron chi connectivity index (χ0n) is 9.85. The van der Waals surface area contributed by atoms with E-state index in [1.807, 2.05) is 30.3 Å². The summed E-state index contributed by atoms with van der Waals surface area (Å²) in [5.41, 5.74) is 0. The predicted octanol–water partition coefficient (Wildman–Crippen LogP) is 2.69. The summed E-state index contributed by atoms with van der Waals surface area (Å²) in [4.78, 5) is 23.6. The highest BCUT2D eigenvalue weighted by Gasteiger charge is 2.07. The molecular formula is C13H16O3S. The van der Waals surface area contributed by atoms with Crippen molar-refractivity contribution in [2.75, 3.05) is 12.4 Å². The molecule has 0 saturated heterocycles. The molecule has 0 saturated carbocycles. The number of ether oxygens (including phenoxy) is 1. The van der Waals surface area contributed by atoms with Crippen molar-refractivity contribution in [2.24, 2.45) is 0 Å². The first kappa shape index (κ1) is 13.8. The normalized spacial score (nSPS) is 9.94. The highest BCUT2D eigenvalue weighted by molar-refractivity contribution is 8.00. The van der Waals surface area contributed by atoms with Gasteiger partial charge >= 0.3 is 5.97 Å². The monoisotopic (exact) mass is 252 g/mol. The number of carbonyl (C=O) groups excluding carboxylic acids is 2. The van der Waals surface area contributed by atoms with Crippen LogP contribution in [0.3, 0.4) is 0 Å². The summed E-state index contributed by atoms with van der Waals surface area (Å²) in [5, 5.41) is 0. The zero-order valence-corrected chi connectivity index (χ0v) is 10.7. The van der Waals surface area contributed by atoms with Crippen LogP contribution in [0.25, 0.3) is 0 Å². The second-order valence-electron chi connectivity index (χ2n) is 3.45. The minimum Gasteiger partial charge on any atom is -0.466 e. The van der Waals surface area contributed by atoms with Gasteiger partial charge in [-0.25, -0.2) is 0 Å². The van der Waals surface area contributed by atoms with E-state index in [9.17, 15) is 9.59 Å². The maximum Gasteiger partial charge on any atom is 0.306 e. The molecule has 0 unspecified atom stereocenters. The summed E-state index contributed by atoms with van der Waals surface area (Å²) in [6.07, 6.45) is 0.445. The van der Waals surface area contributed by atoms with Crippen LogP contribution in [-0.2, 0) is 14.3 Å². The fourth-order valence-electron chi connectivity index (χ4n) is 1.23. The van der Waals surface area contributed by atoms with Crippen molar-refractivity contribution in [1.82, 2.24) is 0 Å². The lowest BCUT2D eigenvalue weighted by molar-refractivity contribution is -0.144. The van der Waals surface area contributed by atoms with Gasteiger partial charge in [-0.2, -0.15) is 0 Å².